The molecule has 2 N–H and O–H groups in total. The number of rotatable bonds is 6. The number of hydrogen-bond acceptors (Lipinski definition) is 5. The molecule has 0 unspecified atom stereocenters. The van der Waals surface area contributed by atoms with E-state index in [-0.39, 0.29) is 11.4 Å². The van der Waals surface area contributed by atoms with Crippen molar-refractivity contribution in [3.05, 3.63) is 96.3 Å². The number of benzene rings is 2. The first-order valence-electron chi connectivity index (χ1n) is 8.72. The maximum absolute atomic E-state index is 12.9. The van der Waals surface area contributed by atoms with Crippen molar-refractivity contribution in [2.75, 3.05) is 5.32 Å². The Hall–Kier alpha value is -3.30. The van der Waals surface area contributed by atoms with Crippen LogP contribution in [0.1, 0.15) is 20.8 Å². The summed E-state index contributed by atoms with van der Waals surface area (Å²) in [5, 5.41) is 18.1. The fourth-order valence-electron chi connectivity index (χ4n) is 2.57. The van der Waals surface area contributed by atoms with Crippen molar-refractivity contribution in [2.45, 2.75) is 6.92 Å². The van der Waals surface area contributed by atoms with Crippen molar-refractivity contribution in [1.29, 1.82) is 0 Å². The number of amides is 2. The van der Waals surface area contributed by atoms with Crippen LogP contribution in [0, 0.1) is 17.0 Å². The highest BCUT2D eigenvalue weighted by molar-refractivity contribution is 9.10. The highest BCUT2D eigenvalue weighted by atomic mass is 79.9. The molecule has 0 saturated heterocycles. The Bertz CT molecular complexity index is 1140. The van der Waals surface area contributed by atoms with Crippen LogP contribution < -0.4 is 10.6 Å². The molecule has 1 heterocycles. The minimum atomic E-state index is -0.548. The van der Waals surface area contributed by atoms with Gasteiger partial charge in [-0.2, -0.15) is 0 Å². The van der Waals surface area contributed by atoms with Gasteiger partial charge in [-0.05, 0) is 53.8 Å². The van der Waals surface area contributed by atoms with Gasteiger partial charge in [-0.25, -0.2) is 0 Å². The lowest BCUT2D eigenvalue weighted by Gasteiger charge is -2.11. The lowest BCUT2D eigenvalue weighted by molar-refractivity contribution is -0.384. The van der Waals surface area contributed by atoms with Crippen LogP contribution in [0.5, 0.6) is 0 Å². The van der Waals surface area contributed by atoms with E-state index in [0.717, 1.165) is 10.0 Å². The van der Waals surface area contributed by atoms with Crippen LogP contribution in [-0.4, -0.2) is 16.7 Å². The van der Waals surface area contributed by atoms with Gasteiger partial charge < -0.3 is 10.6 Å². The first kappa shape index (κ1) is 21.4. The van der Waals surface area contributed by atoms with Crippen LogP contribution in [0.4, 0.5) is 11.4 Å². The van der Waals surface area contributed by atoms with Gasteiger partial charge in [-0.3, -0.25) is 19.7 Å². The zero-order valence-corrected chi connectivity index (χ0v) is 18.1. The van der Waals surface area contributed by atoms with Gasteiger partial charge in [0.15, 0.2) is 0 Å². The first-order valence-corrected chi connectivity index (χ1v) is 10.4. The third-order valence-corrected chi connectivity index (χ3v) is 5.80. The average molecular weight is 486 g/mol. The van der Waals surface area contributed by atoms with Gasteiger partial charge in [0, 0.05) is 22.3 Å². The Morgan fingerprint density at radius 1 is 1.13 bits per heavy atom. The molecule has 0 spiro atoms. The van der Waals surface area contributed by atoms with E-state index >= 15 is 0 Å². The number of carbonyl (C=O) groups excluding carboxylic acids is 2. The molecule has 7 nitrogen and oxygen atoms in total. The fourth-order valence-corrected chi connectivity index (χ4v) is 3.43. The van der Waals surface area contributed by atoms with Crippen LogP contribution in [0.3, 0.4) is 0 Å². The summed E-state index contributed by atoms with van der Waals surface area (Å²) in [6, 6.07) is 14.5. The van der Waals surface area contributed by atoms with E-state index in [1.165, 1.54) is 35.6 Å². The Morgan fingerprint density at radius 2 is 1.93 bits per heavy atom. The van der Waals surface area contributed by atoms with E-state index in [0.29, 0.717) is 16.1 Å². The Kier molecular flexibility index (Phi) is 6.76. The number of halogens is 1. The van der Waals surface area contributed by atoms with Crippen molar-refractivity contribution in [3.63, 3.8) is 0 Å². The van der Waals surface area contributed by atoms with Gasteiger partial charge in [-0.1, -0.05) is 34.1 Å². The molecule has 0 radical (unpaired) electrons. The van der Waals surface area contributed by atoms with E-state index in [1.807, 2.05) is 6.92 Å². The maximum atomic E-state index is 12.9. The summed E-state index contributed by atoms with van der Waals surface area (Å²) in [6.45, 7) is 1.89. The van der Waals surface area contributed by atoms with Crippen molar-refractivity contribution in [3.8, 4) is 0 Å². The minimum Gasteiger partial charge on any atom is -0.321 e. The lowest BCUT2D eigenvalue weighted by atomic mass is 10.1. The van der Waals surface area contributed by atoms with Crippen molar-refractivity contribution >= 4 is 56.5 Å². The number of thiophene rings is 1. The molecule has 0 aliphatic rings. The van der Waals surface area contributed by atoms with Gasteiger partial charge in [0.05, 0.1) is 9.80 Å². The van der Waals surface area contributed by atoms with Crippen molar-refractivity contribution < 1.29 is 14.5 Å². The molecule has 0 aliphatic heterocycles. The number of aryl methyl sites for hydroxylation is 1. The number of carbonyl (C=O) groups is 2. The number of non-ortho nitro benzene ring substituents is 1. The van der Waals surface area contributed by atoms with E-state index in [1.54, 1.807) is 41.8 Å². The maximum Gasteiger partial charge on any atom is 0.272 e. The molecule has 9 heteroatoms. The van der Waals surface area contributed by atoms with Crippen molar-refractivity contribution in [2.24, 2.45) is 0 Å². The lowest BCUT2D eigenvalue weighted by Crippen LogP contribution is -2.30. The first-order chi connectivity index (χ1) is 14.3. The summed E-state index contributed by atoms with van der Waals surface area (Å²) in [5.41, 5.74) is 1.74. The van der Waals surface area contributed by atoms with E-state index in [9.17, 15) is 19.7 Å². The number of nitrogens with one attached hydrogen (secondary N) is 2. The molecule has 0 aliphatic carbocycles. The molecule has 0 bridgehead atoms. The monoisotopic (exact) mass is 485 g/mol. The predicted octanol–water partition coefficient (Wildman–Crippen LogP) is 5.14. The molecule has 3 aromatic rings. The zero-order valence-electron chi connectivity index (χ0n) is 15.7. The topological polar surface area (TPSA) is 101 Å². The molecule has 0 saturated carbocycles. The van der Waals surface area contributed by atoms with Crippen molar-refractivity contribution in [1.82, 2.24) is 5.32 Å². The standard InChI is InChI=1S/C21H16BrN3O4S/c1-13-10-15(7-8-17(13)22)23-20(26)18(24-21(27)19-6-3-9-30-19)12-14-4-2-5-16(11-14)25(28)29/h2-12H,1H3,(H,23,26)(H,24,27)/b18-12-. The molecule has 0 fully saturated rings. The second-order valence-electron chi connectivity index (χ2n) is 6.26. The molecule has 3 rings (SSSR count). The van der Waals surface area contributed by atoms with Gasteiger partial charge in [0.25, 0.3) is 17.5 Å². The molecular formula is C21H16BrN3O4S. The highest BCUT2D eigenvalue weighted by Crippen LogP contribution is 2.21. The Labute approximate surface area is 184 Å². The van der Waals surface area contributed by atoms with Crippen LogP contribution in [0.15, 0.2) is 70.1 Å². The molecule has 0 atom stereocenters. The minimum absolute atomic E-state index is 0.0329. The molecule has 152 valence electrons. The Balaban J connectivity index is 1.92. The number of anilines is 1. The molecule has 2 amide bonds. The van der Waals surface area contributed by atoms with E-state index in [4.69, 9.17) is 0 Å². The van der Waals surface area contributed by atoms with E-state index < -0.39 is 16.7 Å². The molecule has 1 aromatic heterocycles. The summed E-state index contributed by atoms with van der Waals surface area (Å²) >= 11 is 4.65. The van der Waals surface area contributed by atoms with Crippen LogP contribution in [0.2, 0.25) is 0 Å². The number of nitro groups is 1. The largest absolute Gasteiger partial charge is 0.321 e. The van der Waals surface area contributed by atoms with E-state index in [2.05, 4.69) is 26.6 Å². The smallest absolute Gasteiger partial charge is 0.272 e. The third-order valence-electron chi connectivity index (χ3n) is 4.05. The predicted molar refractivity (Wildman–Crippen MR) is 120 cm³/mol. The number of hydrogen-bond donors (Lipinski definition) is 2. The van der Waals surface area contributed by atoms with Gasteiger partial charge in [0.1, 0.15) is 5.70 Å². The molecule has 2 aromatic carbocycles. The second kappa shape index (κ2) is 9.47. The average Bonchev–Trinajstić information content (AvgIpc) is 3.25. The van der Waals surface area contributed by atoms with Gasteiger partial charge >= 0.3 is 0 Å². The summed E-state index contributed by atoms with van der Waals surface area (Å²) in [7, 11) is 0. The van der Waals surface area contributed by atoms with Gasteiger partial charge in [0.2, 0.25) is 0 Å². The quantitative estimate of drug-likeness (QED) is 0.286. The van der Waals surface area contributed by atoms with Gasteiger partial charge in [-0.15, -0.1) is 11.3 Å². The highest BCUT2D eigenvalue weighted by Gasteiger charge is 2.16. The number of nitro benzene ring substituents is 1. The molecular weight excluding hydrogens is 470 g/mol. The number of nitrogens with zero attached hydrogens (tertiary/aromatic N) is 1. The van der Waals surface area contributed by atoms with Crippen LogP contribution in [0.25, 0.3) is 6.08 Å². The fraction of sp³-hybridized carbons (Fsp3) is 0.0476. The summed E-state index contributed by atoms with van der Waals surface area (Å²) < 4.78 is 0.902. The SMILES string of the molecule is Cc1cc(NC(=O)/C(=C/c2cccc([N+](=O)[O-])c2)NC(=O)c2cccs2)ccc1Br. The van der Waals surface area contributed by atoms with Crippen LogP contribution in [-0.2, 0) is 4.79 Å². The summed E-state index contributed by atoms with van der Waals surface area (Å²) in [5.74, 6) is -0.989. The Morgan fingerprint density at radius 3 is 2.60 bits per heavy atom. The van der Waals surface area contributed by atoms with Crippen LogP contribution >= 0.6 is 27.3 Å². The zero-order chi connectivity index (χ0) is 21.7. The third kappa shape index (κ3) is 5.40. The normalized spacial score (nSPS) is 11.1. The summed E-state index contributed by atoms with van der Waals surface area (Å²) in [6.07, 6.45) is 1.40. The second-order valence-corrected chi connectivity index (χ2v) is 8.06. The molecule has 30 heavy (non-hydrogen) atoms. The summed E-state index contributed by atoms with van der Waals surface area (Å²) in [4.78, 5) is 36.4.